The van der Waals surface area contributed by atoms with Crippen LogP contribution in [0.4, 0.5) is 4.39 Å². The quantitative estimate of drug-likeness (QED) is 0.170. The van der Waals surface area contributed by atoms with Gasteiger partial charge < -0.3 is 14.0 Å². The maximum absolute atomic E-state index is 14.0. The van der Waals surface area contributed by atoms with Crippen LogP contribution in [0.15, 0.2) is 72.9 Å². The van der Waals surface area contributed by atoms with Crippen LogP contribution in [-0.4, -0.2) is 27.8 Å². The van der Waals surface area contributed by atoms with Crippen LogP contribution in [0, 0.1) is 9.39 Å². The predicted octanol–water partition coefficient (Wildman–Crippen LogP) is 7.07. The summed E-state index contributed by atoms with van der Waals surface area (Å²) in [4.78, 5) is 7.20. The normalized spacial score (nSPS) is 12.4. The Labute approximate surface area is 231 Å². The van der Waals surface area contributed by atoms with Gasteiger partial charge in [-0.25, -0.2) is 9.37 Å². The van der Waals surface area contributed by atoms with E-state index in [9.17, 15) is 4.39 Å². The van der Waals surface area contributed by atoms with Crippen molar-refractivity contribution in [1.82, 2.24) is 14.5 Å². The molecule has 5 rings (SSSR count). The molecular formula is C30H31FIN3O2. The molecule has 2 heterocycles. The molecule has 0 radical (unpaired) electrons. The van der Waals surface area contributed by atoms with Crippen molar-refractivity contribution in [1.29, 1.82) is 0 Å². The fourth-order valence-corrected chi connectivity index (χ4v) is 5.00. The monoisotopic (exact) mass is 611 g/mol. The highest BCUT2D eigenvalue weighted by Gasteiger charge is 2.18. The number of hydrogen-bond donors (Lipinski definition) is 0. The number of ether oxygens (including phenoxy) is 2. The molecule has 0 fully saturated rings. The predicted molar refractivity (Wildman–Crippen MR) is 152 cm³/mol. The van der Waals surface area contributed by atoms with Gasteiger partial charge in [-0.2, -0.15) is 0 Å². The largest absolute Gasteiger partial charge is 0.454 e. The lowest BCUT2D eigenvalue weighted by molar-refractivity contribution is 0.174. The number of halogens is 2. The minimum absolute atomic E-state index is 0.244. The third-order valence-corrected chi connectivity index (χ3v) is 7.33. The highest BCUT2D eigenvalue weighted by molar-refractivity contribution is 14.1. The topological polar surface area (TPSA) is 39.5 Å². The van der Waals surface area contributed by atoms with Gasteiger partial charge in [0.15, 0.2) is 11.5 Å². The number of benzene rings is 3. The standard InChI is InChI=1S/C30H31FIN3O2/c1-2-3-14-35-27(18-33-30(35)24-5-4-6-25(31)17-24)20-34(15-13-22-7-10-26(32)11-8-22)19-23-9-12-28-29(16-23)37-21-36-28/h4-12,16-18H,2-3,13-15,19-21H2,1H3. The van der Waals surface area contributed by atoms with E-state index in [1.165, 1.54) is 20.8 Å². The molecule has 0 atom stereocenters. The third kappa shape index (κ3) is 6.51. The first kappa shape index (κ1) is 25.7. The van der Waals surface area contributed by atoms with Gasteiger partial charge in [0.25, 0.3) is 0 Å². The summed E-state index contributed by atoms with van der Waals surface area (Å²) < 4.78 is 28.6. The average Bonchev–Trinajstić information content (AvgIpc) is 3.53. The molecule has 1 aliphatic heterocycles. The second kappa shape index (κ2) is 12.1. The van der Waals surface area contributed by atoms with E-state index in [1.54, 1.807) is 12.1 Å². The molecule has 37 heavy (non-hydrogen) atoms. The van der Waals surface area contributed by atoms with Crippen LogP contribution in [0.1, 0.15) is 36.6 Å². The first-order chi connectivity index (χ1) is 18.1. The number of aromatic nitrogens is 2. The summed E-state index contributed by atoms with van der Waals surface area (Å²) >= 11 is 2.34. The fraction of sp³-hybridized carbons (Fsp3) is 0.300. The van der Waals surface area contributed by atoms with E-state index in [-0.39, 0.29) is 12.6 Å². The number of fused-ring (bicyclic) bond motifs is 1. The minimum Gasteiger partial charge on any atom is -0.454 e. The zero-order chi connectivity index (χ0) is 25.6. The lowest BCUT2D eigenvalue weighted by atomic mass is 10.1. The van der Waals surface area contributed by atoms with Crippen molar-refractivity contribution in [3.63, 3.8) is 0 Å². The Bertz CT molecular complexity index is 1340. The van der Waals surface area contributed by atoms with E-state index in [2.05, 4.69) is 75.4 Å². The summed E-state index contributed by atoms with van der Waals surface area (Å²) in [6.45, 7) is 5.72. The Morgan fingerprint density at radius 2 is 1.78 bits per heavy atom. The zero-order valence-electron chi connectivity index (χ0n) is 21.0. The Hall–Kier alpha value is -2.91. The molecule has 0 bridgehead atoms. The van der Waals surface area contributed by atoms with Crippen LogP contribution >= 0.6 is 22.6 Å². The van der Waals surface area contributed by atoms with E-state index >= 15 is 0 Å². The third-order valence-electron chi connectivity index (χ3n) is 6.62. The van der Waals surface area contributed by atoms with Gasteiger partial charge in [-0.05, 0) is 83.0 Å². The number of nitrogens with zero attached hydrogens (tertiary/aromatic N) is 3. The summed E-state index contributed by atoms with van der Waals surface area (Å²) in [5, 5.41) is 0. The van der Waals surface area contributed by atoms with Crippen LogP contribution in [0.25, 0.3) is 11.4 Å². The Morgan fingerprint density at radius 3 is 2.59 bits per heavy atom. The van der Waals surface area contributed by atoms with Crippen molar-refractivity contribution in [3.05, 3.63) is 99.1 Å². The van der Waals surface area contributed by atoms with Gasteiger partial charge in [0.2, 0.25) is 6.79 Å². The van der Waals surface area contributed by atoms with Crippen molar-refractivity contribution in [2.75, 3.05) is 13.3 Å². The van der Waals surface area contributed by atoms with E-state index < -0.39 is 0 Å². The van der Waals surface area contributed by atoms with Gasteiger partial charge in [-0.1, -0.05) is 43.7 Å². The van der Waals surface area contributed by atoms with Crippen LogP contribution < -0.4 is 9.47 Å². The van der Waals surface area contributed by atoms with E-state index in [4.69, 9.17) is 14.5 Å². The average molecular weight is 611 g/mol. The smallest absolute Gasteiger partial charge is 0.231 e. The maximum atomic E-state index is 14.0. The van der Waals surface area contributed by atoms with Crippen molar-refractivity contribution >= 4 is 22.6 Å². The SMILES string of the molecule is CCCCn1c(CN(CCc2ccc(I)cc2)Cc2ccc3c(c2)OCO3)cnc1-c1cccc(F)c1. The second-order valence-electron chi connectivity index (χ2n) is 9.36. The lowest BCUT2D eigenvalue weighted by Crippen LogP contribution is -2.27. The molecule has 0 unspecified atom stereocenters. The molecule has 0 saturated heterocycles. The van der Waals surface area contributed by atoms with Crippen molar-refractivity contribution in [3.8, 4) is 22.9 Å². The molecule has 1 aromatic heterocycles. The van der Waals surface area contributed by atoms with Crippen LogP contribution in [-0.2, 0) is 26.1 Å². The molecule has 0 spiro atoms. The van der Waals surface area contributed by atoms with Crippen molar-refractivity contribution in [2.45, 2.75) is 45.8 Å². The van der Waals surface area contributed by atoms with Crippen molar-refractivity contribution in [2.24, 2.45) is 0 Å². The van der Waals surface area contributed by atoms with Gasteiger partial charge in [0.1, 0.15) is 11.6 Å². The summed E-state index contributed by atoms with van der Waals surface area (Å²) in [6, 6.07) is 21.6. The van der Waals surface area contributed by atoms with Crippen molar-refractivity contribution < 1.29 is 13.9 Å². The van der Waals surface area contributed by atoms with Crippen LogP contribution in [0.3, 0.4) is 0 Å². The van der Waals surface area contributed by atoms with Gasteiger partial charge in [0, 0.05) is 35.3 Å². The van der Waals surface area contributed by atoms with Gasteiger partial charge in [0.05, 0.1) is 11.9 Å². The number of rotatable bonds is 11. The molecule has 5 nitrogen and oxygen atoms in total. The highest BCUT2D eigenvalue weighted by Crippen LogP contribution is 2.33. The zero-order valence-corrected chi connectivity index (χ0v) is 23.2. The molecular weight excluding hydrogens is 580 g/mol. The fourth-order valence-electron chi connectivity index (χ4n) is 4.64. The maximum Gasteiger partial charge on any atom is 0.231 e. The molecule has 0 saturated carbocycles. The summed E-state index contributed by atoms with van der Waals surface area (Å²) in [7, 11) is 0. The van der Waals surface area contributed by atoms with Crippen LogP contribution in [0.5, 0.6) is 11.5 Å². The molecule has 1 aliphatic rings. The summed E-state index contributed by atoms with van der Waals surface area (Å²) in [6.07, 6.45) is 5.01. The van der Waals surface area contributed by atoms with Crippen LogP contribution in [0.2, 0.25) is 0 Å². The van der Waals surface area contributed by atoms with E-state index in [0.717, 1.165) is 74.0 Å². The molecule has 7 heteroatoms. The molecule has 3 aromatic carbocycles. The Morgan fingerprint density at radius 1 is 0.973 bits per heavy atom. The first-order valence-electron chi connectivity index (χ1n) is 12.7. The van der Waals surface area contributed by atoms with E-state index in [1.807, 2.05) is 18.3 Å². The van der Waals surface area contributed by atoms with E-state index in [0.29, 0.717) is 0 Å². The van der Waals surface area contributed by atoms with Gasteiger partial charge in [-0.15, -0.1) is 0 Å². The number of imidazole rings is 1. The highest BCUT2D eigenvalue weighted by atomic mass is 127. The molecule has 192 valence electrons. The molecule has 0 N–H and O–H groups in total. The molecule has 4 aromatic rings. The first-order valence-corrected chi connectivity index (χ1v) is 13.8. The number of hydrogen-bond acceptors (Lipinski definition) is 4. The second-order valence-corrected chi connectivity index (χ2v) is 10.6. The summed E-state index contributed by atoms with van der Waals surface area (Å²) in [5.41, 5.74) is 4.44. The molecule has 0 amide bonds. The Balaban J connectivity index is 1.41. The van der Waals surface area contributed by atoms with Gasteiger partial charge in [-0.3, -0.25) is 4.90 Å². The van der Waals surface area contributed by atoms with Gasteiger partial charge >= 0.3 is 0 Å². The summed E-state index contributed by atoms with van der Waals surface area (Å²) in [5.74, 6) is 2.18. The number of unbranched alkanes of at least 4 members (excludes halogenated alkanes) is 1. The minimum atomic E-state index is -0.244. The molecule has 0 aliphatic carbocycles. The lowest BCUT2D eigenvalue weighted by Gasteiger charge is -2.24. The Kier molecular flexibility index (Phi) is 8.41.